The number of hydrogen-bond acceptors (Lipinski definition) is 3. The van der Waals surface area contributed by atoms with Crippen LogP contribution in [0.2, 0.25) is 0 Å². The molecule has 0 aromatic heterocycles. The smallest absolute Gasteiger partial charge is 0.212 e. The average Bonchev–Trinajstić information content (AvgIpc) is 2.70. The van der Waals surface area contributed by atoms with Gasteiger partial charge in [-0.25, -0.2) is 13.1 Å². The third kappa shape index (κ3) is 3.71. The third-order valence-electron chi connectivity index (χ3n) is 3.59. The van der Waals surface area contributed by atoms with Crippen LogP contribution in [0.15, 0.2) is 0 Å². The van der Waals surface area contributed by atoms with Gasteiger partial charge in [-0.15, -0.1) is 0 Å². The van der Waals surface area contributed by atoms with Crippen LogP contribution in [0.5, 0.6) is 0 Å². The molecule has 4 nitrogen and oxygen atoms in total. The van der Waals surface area contributed by atoms with E-state index in [0.29, 0.717) is 11.7 Å². The Balaban J connectivity index is 1.81. The van der Waals surface area contributed by atoms with E-state index in [4.69, 9.17) is 0 Å². The van der Waals surface area contributed by atoms with Crippen LogP contribution in [0, 0.1) is 5.92 Å². The SMILES string of the molecule is O=S(=O)(CC1CCCCC1)NC1CCNC1. The van der Waals surface area contributed by atoms with Crippen molar-refractivity contribution in [3.8, 4) is 0 Å². The predicted octanol–water partition coefficient (Wildman–Crippen LogP) is 0.848. The molecule has 5 heteroatoms. The zero-order chi connectivity index (χ0) is 11.4. The molecule has 2 fully saturated rings. The molecule has 0 amide bonds. The van der Waals surface area contributed by atoms with Crippen LogP contribution in [0.3, 0.4) is 0 Å². The molecule has 94 valence electrons. The molecular formula is C11H22N2O2S. The Hall–Kier alpha value is -0.130. The predicted molar refractivity (Wildman–Crippen MR) is 64.8 cm³/mol. The maximum Gasteiger partial charge on any atom is 0.212 e. The largest absolute Gasteiger partial charge is 0.315 e. The van der Waals surface area contributed by atoms with Crippen molar-refractivity contribution in [1.82, 2.24) is 10.0 Å². The second kappa shape index (κ2) is 5.47. The van der Waals surface area contributed by atoms with Gasteiger partial charge in [0.25, 0.3) is 0 Å². The van der Waals surface area contributed by atoms with Gasteiger partial charge in [-0.05, 0) is 31.7 Å². The first kappa shape index (κ1) is 12.3. The lowest BCUT2D eigenvalue weighted by Crippen LogP contribution is -2.39. The Kier molecular flexibility index (Phi) is 4.21. The minimum atomic E-state index is -3.05. The van der Waals surface area contributed by atoms with Gasteiger partial charge in [-0.1, -0.05) is 19.3 Å². The molecule has 2 N–H and O–H groups in total. The highest BCUT2D eigenvalue weighted by atomic mass is 32.2. The number of nitrogens with one attached hydrogen (secondary N) is 2. The van der Waals surface area contributed by atoms with Crippen LogP contribution >= 0.6 is 0 Å². The lowest BCUT2D eigenvalue weighted by molar-refractivity contribution is 0.383. The summed E-state index contributed by atoms with van der Waals surface area (Å²) in [7, 11) is -3.05. The van der Waals surface area contributed by atoms with Crippen molar-refractivity contribution >= 4 is 10.0 Å². The number of hydrogen-bond donors (Lipinski definition) is 2. The van der Waals surface area contributed by atoms with Crippen LogP contribution in [0.4, 0.5) is 0 Å². The third-order valence-corrected chi connectivity index (χ3v) is 5.19. The van der Waals surface area contributed by atoms with Crippen LogP contribution < -0.4 is 10.0 Å². The Bertz CT molecular complexity index is 304. The highest BCUT2D eigenvalue weighted by Gasteiger charge is 2.25. The summed E-state index contributed by atoms with van der Waals surface area (Å²) in [6, 6.07) is 0.119. The van der Waals surface area contributed by atoms with Crippen molar-refractivity contribution < 1.29 is 8.42 Å². The molecule has 0 spiro atoms. The molecule has 1 atom stereocenters. The van der Waals surface area contributed by atoms with E-state index in [-0.39, 0.29) is 6.04 Å². The molecular weight excluding hydrogens is 224 g/mol. The Labute approximate surface area is 98.2 Å². The van der Waals surface area contributed by atoms with E-state index in [9.17, 15) is 8.42 Å². The van der Waals surface area contributed by atoms with Gasteiger partial charge in [0.2, 0.25) is 10.0 Å². The fraction of sp³-hybridized carbons (Fsp3) is 1.00. The summed E-state index contributed by atoms with van der Waals surface area (Å²) in [6.07, 6.45) is 6.77. The molecule has 0 aromatic rings. The topological polar surface area (TPSA) is 58.2 Å². The van der Waals surface area contributed by atoms with E-state index in [0.717, 1.165) is 32.4 Å². The Morgan fingerprint density at radius 1 is 1.12 bits per heavy atom. The molecule has 1 saturated carbocycles. The first-order valence-electron chi connectivity index (χ1n) is 6.36. The fourth-order valence-corrected chi connectivity index (χ4v) is 4.48. The van der Waals surface area contributed by atoms with Crippen molar-refractivity contribution in [2.75, 3.05) is 18.8 Å². The van der Waals surface area contributed by atoms with Gasteiger partial charge in [0.1, 0.15) is 0 Å². The first-order valence-corrected chi connectivity index (χ1v) is 8.02. The van der Waals surface area contributed by atoms with Crippen LogP contribution in [0.25, 0.3) is 0 Å². The molecule has 1 aliphatic heterocycles. The monoisotopic (exact) mass is 246 g/mol. The van der Waals surface area contributed by atoms with Crippen molar-refractivity contribution in [1.29, 1.82) is 0 Å². The minimum Gasteiger partial charge on any atom is -0.315 e. The molecule has 1 heterocycles. The summed E-state index contributed by atoms with van der Waals surface area (Å²) in [6.45, 7) is 1.71. The second-order valence-corrected chi connectivity index (χ2v) is 6.89. The molecule has 16 heavy (non-hydrogen) atoms. The molecule has 1 saturated heterocycles. The summed E-state index contributed by atoms with van der Waals surface area (Å²) in [5.74, 6) is 0.726. The first-order chi connectivity index (χ1) is 7.66. The molecule has 0 aromatic carbocycles. The quantitative estimate of drug-likeness (QED) is 0.773. The van der Waals surface area contributed by atoms with Gasteiger partial charge in [0, 0.05) is 12.6 Å². The summed E-state index contributed by atoms with van der Waals surface area (Å²) in [4.78, 5) is 0. The van der Waals surface area contributed by atoms with Gasteiger partial charge < -0.3 is 5.32 Å². The highest BCUT2D eigenvalue weighted by molar-refractivity contribution is 7.89. The van der Waals surface area contributed by atoms with Crippen molar-refractivity contribution in [3.05, 3.63) is 0 Å². The van der Waals surface area contributed by atoms with Crippen molar-refractivity contribution in [3.63, 3.8) is 0 Å². The van der Waals surface area contributed by atoms with E-state index in [1.54, 1.807) is 0 Å². The van der Waals surface area contributed by atoms with Crippen LogP contribution in [-0.4, -0.2) is 33.3 Å². The van der Waals surface area contributed by atoms with Gasteiger partial charge in [-0.3, -0.25) is 0 Å². The maximum atomic E-state index is 11.9. The maximum absolute atomic E-state index is 11.9. The standard InChI is InChI=1S/C11H22N2O2S/c14-16(15,13-11-6-7-12-8-11)9-10-4-2-1-3-5-10/h10-13H,1-9H2. The van der Waals surface area contributed by atoms with E-state index in [1.807, 2.05) is 0 Å². The molecule has 0 bridgehead atoms. The van der Waals surface area contributed by atoms with E-state index in [1.165, 1.54) is 19.3 Å². The summed E-state index contributed by atoms with van der Waals surface area (Å²) >= 11 is 0. The molecule has 1 aliphatic carbocycles. The van der Waals surface area contributed by atoms with E-state index in [2.05, 4.69) is 10.0 Å². The Morgan fingerprint density at radius 3 is 2.50 bits per heavy atom. The summed E-state index contributed by atoms with van der Waals surface area (Å²) in [5.41, 5.74) is 0. The summed E-state index contributed by atoms with van der Waals surface area (Å²) in [5, 5.41) is 3.17. The molecule has 2 rings (SSSR count). The molecule has 1 unspecified atom stereocenters. The Morgan fingerprint density at radius 2 is 1.88 bits per heavy atom. The average molecular weight is 246 g/mol. The van der Waals surface area contributed by atoms with E-state index >= 15 is 0 Å². The number of sulfonamides is 1. The lowest BCUT2D eigenvalue weighted by Gasteiger charge is -2.22. The minimum absolute atomic E-state index is 0.119. The van der Waals surface area contributed by atoms with Crippen molar-refractivity contribution in [2.45, 2.75) is 44.6 Å². The number of rotatable bonds is 4. The van der Waals surface area contributed by atoms with Crippen LogP contribution in [0.1, 0.15) is 38.5 Å². The zero-order valence-corrected chi connectivity index (χ0v) is 10.6. The zero-order valence-electron chi connectivity index (χ0n) is 9.74. The molecule has 0 radical (unpaired) electrons. The van der Waals surface area contributed by atoms with Crippen LogP contribution in [-0.2, 0) is 10.0 Å². The molecule has 2 aliphatic rings. The van der Waals surface area contributed by atoms with Gasteiger partial charge in [0.15, 0.2) is 0 Å². The highest BCUT2D eigenvalue weighted by Crippen LogP contribution is 2.24. The van der Waals surface area contributed by atoms with E-state index < -0.39 is 10.0 Å². The van der Waals surface area contributed by atoms with Gasteiger partial charge in [0.05, 0.1) is 5.75 Å². The second-order valence-electron chi connectivity index (χ2n) is 5.09. The summed E-state index contributed by atoms with van der Waals surface area (Å²) < 4.78 is 26.6. The van der Waals surface area contributed by atoms with Gasteiger partial charge >= 0.3 is 0 Å². The fourth-order valence-electron chi connectivity index (χ4n) is 2.72. The normalized spacial score (nSPS) is 28.4. The lowest BCUT2D eigenvalue weighted by atomic mass is 9.91. The van der Waals surface area contributed by atoms with Crippen molar-refractivity contribution in [2.24, 2.45) is 5.92 Å². The van der Waals surface area contributed by atoms with Gasteiger partial charge in [-0.2, -0.15) is 0 Å².